The SMILES string of the molecule is C=C(C)C(=C)/C=C(\OC)c1ccc(C(C)(C)C)cc1.CCC(C)CF. The van der Waals surface area contributed by atoms with E-state index in [9.17, 15) is 4.39 Å². The molecule has 0 spiro atoms. The molecule has 0 aliphatic heterocycles. The highest BCUT2D eigenvalue weighted by Crippen LogP contribution is 2.25. The molecule has 1 aromatic carbocycles. The minimum Gasteiger partial charge on any atom is -0.496 e. The molecule has 0 fully saturated rings. The van der Waals surface area contributed by atoms with E-state index < -0.39 is 0 Å². The van der Waals surface area contributed by atoms with Gasteiger partial charge in [0.15, 0.2) is 0 Å². The van der Waals surface area contributed by atoms with Gasteiger partial charge in [-0.2, -0.15) is 0 Å². The molecule has 140 valence electrons. The first kappa shape index (κ1) is 23.2. The first-order chi connectivity index (χ1) is 11.6. The van der Waals surface area contributed by atoms with Crippen LogP contribution in [-0.2, 0) is 10.2 Å². The van der Waals surface area contributed by atoms with Crippen molar-refractivity contribution in [2.24, 2.45) is 5.92 Å². The maximum atomic E-state index is 11.4. The fourth-order valence-corrected chi connectivity index (χ4v) is 1.79. The number of rotatable bonds is 6. The summed E-state index contributed by atoms with van der Waals surface area (Å²) < 4.78 is 16.8. The van der Waals surface area contributed by atoms with Gasteiger partial charge in [0.1, 0.15) is 5.76 Å². The van der Waals surface area contributed by atoms with Gasteiger partial charge in [0.05, 0.1) is 13.8 Å². The molecule has 0 heterocycles. The number of ether oxygens (including phenoxy) is 1. The largest absolute Gasteiger partial charge is 0.496 e. The van der Waals surface area contributed by atoms with Crippen LogP contribution >= 0.6 is 0 Å². The predicted octanol–water partition coefficient (Wildman–Crippen LogP) is 7.11. The molecule has 0 bridgehead atoms. The zero-order valence-electron chi connectivity index (χ0n) is 17.1. The minimum absolute atomic E-state index is 0.163. The van der Waals surface area contributed by atoms with Gasteiger partial charge >= 0.3 is 0 Å². The van der Waals surface area contributed by atoms with Gasteiger partial charge in [-0.05, 0) is 35.5 Å². The van der Waals surface area contributed by atoms with Gasteiger partial charge in [-0.15, -0.1) is 0 Å². The van der Waals surface area contributed by atoms with E-state index in [1.807, 2.05) is 26.8 Å². The monoisotopic (exact) mass is 346 g/mol. The molecule has 1 rings (SSSR count). The first-order valence-corrected chi connectivity index (χ1v) is 8.84. The molecular weight excluding hydrogens is 311 g/mol. The predicted molar refractivity (Wildman–Crippen MR) is 110 cm³/mol. The lowest BCUT2D eigenvalue weighted by atomic mass is 9.86. The van der Waals surface area contributed by atoms with Crippen LogP contribution in [0.2, 0.25) is 0 Å². The molecule has 1 nitrogen and oxygen atoms in total. The molecule has 0 aliphatic carbocycles. The summed E-state index contributed by atoms with van der Waals surface area (Å²) >= 11 is 0. The van der Waals surface area contributed by atoms with Crippen molar-refractivity contribution in [1.29, 1.82) is 0 Å². The van der Waals surface area contributed by atoms with Crippen LogP contribution in [0.4, 0.5) is 4.39 Å². The van der Waals surface area contributed by atoms with Gasteiger partial charge in [0.25, 0.3) is 0 Å². The Bertz CT molecular complexity index is 569. The molecule has 0 saturated heterocycles. The fourth-order valence-electron chi connectivity index (χ4n) is 1.79. The second-order valence-electron chi connectivity index (χ2n) is 7.51. The van der Waals surface area contributed by atoms with Crippen LogP contribution < -0.4 is 0 Å². The molecular formula is C23H35FO. The lowest BCUT2D eigenvalue weighted by Crippen LogP contribution is -2.10. The number of allylic oxidation sites excluding steroid dienone is 3. The summed E-state index contributed by atoms with van der Waals surface area (Å²) in [4.78, 5) is 0. The Hall–Kier alpha value is -1.83. The average Bonchev–Trinajstić information content (AvgIpc) is 2.58. The highest BCUT2D eigenvalue weighted by molar-refractivity contribution is 5.64. The van der Waals surface area contributed by atoms with Crippen LogP contribution in [0.5, 0.6) is 0 Å². The second kappa shape index (κ2) is 10.9. The van der Waals surface area contributed by atoms with Crippen molar-refractivity contribution in [2.75, 3.05) is 13.8 Å². The lowest BCUT2D eigenvalue weighted by Gasteiger charge is -2.19. The smallest absolute Gasteiger partial charge is 0.126 e. The summed E-state index contributed by atoms with van der Waals surface area (Å²) in [6.45, 7) is 20.1. The zero-order chi connectivity index (χ0) is 19.6. The number of alkyl halides is 1. The molecule has 0 aromatic heterocycles. The van der Waals surface area contributed by atoms with Crippen molar-refractivity contribution in [3.63, 3.8) is 0 Å². The summed E-state index contributed by atoms with van der Waals surface area (Å²) in [5, 5.41) is 0. The summed E-state index contributed by atoms with van der Waals surface area (Å²) in [5.74, 6) is 1.08. The lowest BCUT2D eigenvalue weighted by molar-refractivity contribution is 0.370. The molecule has 1 atom stereocenters. The van der Waals surface area contributed by atoms with E-state index in [1.54, 1.807) is 7.11 Å². The first-order valence-electron chi connectivity index (χ1n) is 8.84. The Morgan fingerprint density at radius 3 is 2.00 bits per heavy atom. The Morgan fingerprint density at radius 1 is 1.20 bits per heavy atom. The zero-order valence-corrected chi connectivity index (χ0v) is 17.1. The number of hydrogen-bond acceptors (Lipinski definition) is 1. The van der Waals surface area contributed by atoms with Crippen molar-refractivity contribution < 1.29 is 9.13 Å². The highest BCUT2D eigenvalue weighted by Gasteiger charge is 2.13. The normalized spacial score (nSPS) is 12.7. The van der Waals surface area contributed by atoms with Crippen molar-refractivity contribution in [3.05, 3.63) is 65.8 Å². The van der Waals surface area contributed by atoms with Crippen LogP contribution in [0.15, 0.2) is 54.6 Å². The fraction of sp³-hybridized carbons (Fsp3) is 0.478. The van der Waals surface area contributed by atoms with Gasteiger partial charge in [0.2, 0.25) is 0 Å². The van der Waals surface area contributed by atoms with Gasteiger partial charge in [-0.25, -0.2) is 0 Å². The average molecular weight is 347 g/mol. The van der Waals surface area contributed by atoms with E-state index in [2.05, 4.69) is 58.2 Å². The Balaban J connectivity index is 0.000000823. The third-order valence-electron chi connectivity index (χ3n) is 4.07. The summed E-state index contributed by atoms with van der Waals surface area (Å²) in [5.41, 5.74) is 4.36. The van der Waals surface area contributed by atoms with E-state index in [4.69, 9.17) is 4.74 Å². The molecule has 1 unspecified atom stereocenters. The van der Waals surface area contributed by atoms with E-state index in [0.29, 0.717) is 0 Å². The molecule has 2 heteroatoms. The number of halogens is 1. The van der Waals surface area contributed by atoms with Gasteiger partial charge < -0.3 is 4.74 Å². The molecule has 0 N–H and O–H groups in total. The molecule has 1 aromatic rings. The van der Waals surface area contributed by atoms with Gasteiger partial charge in [0, 0.05) is 5.56 Å². The van der Waals surface area contributed by atoms with E-state index >= 15 is 0 Å². The van der Waals surface area contributed by atoms with E-state index in [0.717, 1.165) is 28.9 Å². The Labute approximate surface area is 154 Å². The van der Waals surface area contributed by atoms with Gasteiger partial charge in [-0.3, -0.25) is 4.39 Å². The van der Waals surface area contributed by atoms with Crippen molar-refractivity contribution in [2.45, 2.75) is 53.4 Å². The molecule has 0 radical (unpaired) electrons. The topological polar surface area (TPSA) is 9.23 Å². The molecule has 0 amide bonds. The molecule has 0 saturated carbocycles. The third-order valence-corrected chi connectivity index (χ3v) is 4.07. The van der Waals surface area contributed by atoms with Crippen molar-refractivity contribution in [1.82, 2.24) is 0 Å². The highest BCUT2D eigenvalue weighted by atomic mass is 19.1. The van der Waals surface area contributed by atoms with Crippen LogP contribution in [-0.4, -0.2) is 13.8 Å². The standard InChI is InChI=1S/C18H24O.C5H11F/c1-13(2)14(3)12-17(19-7)15-8-10-16(11-9-15)18(4,5)6;1-3-5(2)4-6/h8-12H,1,3H2,2,4-7H3;5H,3-4H2,1-2H3/b17-12-;. The van der Waals surface area contributed by atoms with Crippen LogP contribution in [0, 0.1) is 5.92 Å². The van der Waals surface area contributed by atoms with Crippen molar-refractivity contribution in [3.8, 4) is 0 Å². The Morgan fingerprint density at radius 2 is 1.72 bits per heavy atom. The minimum atomic E-state index is -0.170. The van der Waals surface area contributed by atoms with Crippen LogP contribution in [0.25, 0.3) is 5.76 Å². The summed E-state index contributed by atoms with van der Waals surface area (Å²) in [6, 6.07) is 8.46. The maximum absolute atomic E-state index is 11.4. The maximum Gasteiger partial charge on any atom is 0.126 e. The second-order valence-corrected chi connectivity index (χ2v) is 7.51. The third kappa shape index (κ3) is 8.72. The molecule has 0 aliphatic rings. The quantitative estimate of drug-likeness (QED) is 0.394. The Kier molecular flexibility index (Phi) is 10.1. The van der Waals surface area contributed by atoms with Crippen LogP contribution in [0.1, 0.15) is 59.1 Å². The van der Waals surface area contributed by atoms with Crippen molar-refractivity contribution >= 4 is 5.76 Å². The number of methoxy groups -OCH3 is 1. The van der Waals surface area contributed by atoms with E-state index in [-0.39, 0.29) is 18.0 Å². The van der Waals surface area contributed by atoms with E-state index in [1.165, 1.54) is 5.56 Å². The van der Waals surface area contributed by atoms with Gasteiger partial charge in [-0.1, -0.05) is 84.0 Å². The van der Waals surface area contributed by atoms with Crippen LogP contribution in [0.3, 0.4) is 0 Å². The molecule has 25 heavy (non-hydrogen) atoms. The number of benzene rings is 1. The summed E-state index contributed by atoms with van der Waals surface area (Å²) in [7, 11) is 1.68. The summed E-state index contributed by atoms with van der Waals surface area (Å²) in [6.07, 6.45) is 2.88. The number of hydrogen-bond donors (Lipinski definition) is 0.